The van der Waals surface area contributed by atoms with Crippen molar-refractivity contribution in [2.45, 2.75) is 20.0 Å². The van der Waals surface area contributed by atoms with Crippen LogP contribution >= 0.6 is 0 Å². The lowest BCUT2D eigenvalue weighted by Crippen LogP contribution is -2.33. The predicted molar refractivity (Wildman–Crippen MR) is 102 cm³/mol. The van der Waals surface area contributed by atoms with Crippen molar-refractivity contribution in [3.8, 4) is 5.75 Å². The van der Waals surface area contributed by atoms with Gasteiger partial charge in [-0.15, -0.1) is 0 Å². The maximum Gasteiger partial charge on any atom is 0.259 e. The number of benzene rings is 2. The Labute approximate surface area is 152 Å². The van der Waals surface area contributed by atoms with Gasteiger partial charge in [-0.05, 0) is 36.9 Å². The van der Waals surface area contributed by atoms with Gasteiger partial charge in [0.15, 0.2) is 0 Å². The number of carbonyl (C=O) groups excluding carboxylic acids is 1. The molecule has 134 valence electrons. The maximum atomic E-state index is 12.6. The van der Waals surface area contributed by atoms with Gasteiger partial charge in [0.25, 0.3) is 5.91 Å². The molecule has 2 heterocycles. The number of amides is 1. The largest absolute Gasteiger partial charge is 0.496 e. The van der Waals surface area contributed by atoms with Crippen LogP contribution in [0.25, 0.3) is 11.0 Å². The van der Waals surface area contributed by atoms with E-state index >= 15 is 0 Å². The number of fused-ring (bicyclic) bond motifs is 3. The van der Waals surface area contributed by atoms with E-state index in [1.54, 1.807) is 19.2 Å². The minimum Gasteiger partial charge on any atom is -0.496 e. The number of para-hydroxylation sites is 1. The molecule has 0 atom stereocenters. The number of hydrogen-bond donors (Lipinski definition) is 1. The lowest BCUT2D eigenvalue weighted by atomic mass is 10.2. The van der Waals surface area contributed by atoms with E-state index in [1.165, 1.54) is 0 Å². The molecule has 0 fully saturated rings. The van der Waals surface area contributed by atoms with Gasteiger partial charge >= 0.3 is 0 Å². The topological polar surface area (TPSA) is 59.4 Å². The number of nitrogens with one attached hydrogen (secondary N) is 1. The normalized spacial score (nSPS) is 14.2. The molecule has 3 aromatic rings. The minimum atomic E-state index is -0.192. The third-order valence-corrected chi connectivity index (χ3v) is 4.89. The Kier molecular flexibility index (Phi) is 4.34. The maximum absolute atomic E-state index is 12.6. The number of hydrogen-bond acceptors (Lipinski definition) is 4. The van der Waals surface area contributed by atoms with E-state index in [1.807, 2.05) is 30.3 Å². The fourth-order valence-corrected chi connectivity index (χ4v) is 3.45. The number of anilines is 1. The minimum absolute atomic E-state index is 0.192. The van der Waals surface area contributed by atoms with E-state index < -0.39 is 0 Å². The molecule has 0 spiro atoms. The van der Waals surface area contributed by atoms with E-state index in [-0.39, 0.29) is 5.91 Å². The van der Waals surface area contributed by atoms with E-state index in [0.717, 1.165) is 48.7 Å². The highest BCUT2D eigenvalue weighted by Crippen LogP contribution is 2.25. The fourth-order valence-electron chi connectivity index (χ4n) is 3.45. The van der Waals surface area contributed by atoms with Gasteiger partial charge in [0, 0.05) is 18.8 Å². The summed E-state index contributed by atoms with van der Waals surface area (Å²) in [7, 11) is 1.56. The summed E-state index contributed by atoms with van der Waals surface area (Å²) in [5.41, 5.74) is 3.27. The highest BCUT2D eigenvalue weighted by Gasteiger charge is 2.19. The Morgan fingerprint density at radius 1 is 1.23 bits per heavy atom. The second-order valence-corrected chi connectivity index (χ2v) is 6.41. The zero-order chi connectivity index (χ0) is 18.1. The molecule has 2 aromatic carbocycles. The average Bonchev–Trinajstić information content (AvgIpc) is 3.04. The van der Waals surface area contributed by atoms with Gasteiger partial charge in [0.05, 0.1) is 30.3 Å². The Morgan fingerprint density at radius 3 is 2.88 bits per heavy atom. The number of likely N-dealkylation sites (N-methyl/N-ethyl adjacent to an activating group) is 1. The van der Waals surface area contributed by atoms with Crippen molar-refractivity contribution in [2.24, 2.45) is 0 Å². The molecule has 0 aliphatic carbocycles. The fraction of sp³-hybridized carbons (Fsp3) is 0.300. The van der Waals surface area contributed by atoms with Crippen LogP contribution in [0.4, 0.5) is 5.69 Å². The highest BCUT2D eigenvalue weighted by molar-refractivity contribution is 6.06. The summed E-state index contributed by atoms with van der Waals surface area (Å²) in [5.74, 6) is 1.45. The predicted octanol–water partition coefficient (Wildman–Crippen LogP) is 3.13. The van der Waals surface area contributed by atoms with Crippen LogP contribution in [-0.4, -0.2) is 40.6 Å². The van der Waals surface area contributed by atoms with E-state index in [0.29, 0.717) is 11.3 Å². The number of aromatic nitrogens is 2. The van der Waals surface area contributed by atoms with Crippen LogP contribution in [0.5, 0.6) is 5.75 Å². The van der Waals surface area contributed by atoms with Crippen molar-refractivity contribution in [1.82, 2.24) is 14.5 Å². The molecule has 1 N–H and O–H groups in total. The zero-order valence-electron chi connectivity index (χ0n) is 15.0. The third-order valence-electron chi connectivity index (χ3n) is 4.89. The van der Waals surface area contributed by atoms with Crippen molar-refractivity contribution >= 4 is 22.6 Å². The summed E-state index contributed by atoms with van der Waals surface area (Å²) in [6, 6.07) is 13.1. The van der Waals surface area contributed by atoms with E-state index in [2.05, 4.69) is 21.7 Å². The van der Waals surface area contributed by atoms with Crippen LogP contribution in [0.1, 0.15) is 23.1 Å². The van der Waals surface area contributed by atoms with Crippen molar-refractivity contribution in [1.29, 1.82) is 0 Å². The molecule has 0 saturated carbocycles. The van der Waals surface area contributed by atoms with Gasteiger partial charge in [0.2, 0.25) is 0 Å². The quantitative estimate of drug-likeness (QED) is 0.785. The molecule has 1 aliphatic rings. The Bertz CT molecular complexity index is 964. The lowest BCUT2D eigenvalue weighted by molar-refractivity contribution is 0.102. The molecule has 1 aliphatic heterocycles. The van der Waals surface area contributed by atoms with Gasteiger partial charge in [0.1, 0.15) is 11.6 Å². The molecular formula is C20H22N4O2. The molecule has 6 heteroatoms. The number of rotatable bonds is 4. The van der Waals surface area contributed by atoms with Gasteiger partial charge in [-0.2, -0.15) is 0 Å². The molecule has 1 aromatic heterocycles. The van der Waals surface area contributed by atoms with Crippen molar-refractivity contribution in [3.63, 3.8) is 0 Å². The number of imidazole rings is 1. The summed E-state index contributed by atoms with van der Waals surface area (Å²) in [4.78, 5) is 19.7. The summed E-state index contributed by atoms with van der Waals surface area (Å²) < 4.78 is 7.54. The molecule has 1 amide bonds. The second kappa shape index (κ2) is 6.80. The third kappa shape index (κ3) is 2.93. The van der Waals surface area contributed by atoms with Gasteiger partial charge in [-0.1, -0.05) is 19.1 Å². The number of nitrogens with zero attached hydrogens (tertiary/aromatic N) is 3. The monoisotopic (exact) mass is 350 g/mol. The van der Waals surface area contributed by atoms with Crippen molar-refractivity contribution in [3.05, 3.63) is 53.9 Å². The summed E-state index contributed by atoms with van der Waals surface area (Å²) in [6.07, 6.45) is 0. The molecule has 4 rings (SSSR count). The highest BCUT2D eigenvalue weighted by atomic mass is 16.5. The Morgan fingerprint density at radius 2 is 2.08 bits per heavy atom. The van der Waals surface area contributed by atoms with Crippen LogP contribution in [0, 0.1) is 0 Å². The van der Waals surface area contributed by atoms with Gasteiger partial charge in [-0.3, -0.25) is 9.69 Å². The van der Waals surface area contributed by atoms with Gasteiger partial charge in [-0.25, -0.2) is 4.98 Å². The molecule has 0 unspecified atom stereocenters. The summed E-state index contributed by atoms with van der Waals surface area (Å²) in [6.45, 7) is 6.06. The smallest absolute Gasteiger partial charge is 0.259 e. The van der Waals surface area contributed by atoms with Crippen molar-refractivity contribution in [2.75, 3.05) is 25.5 Å². The Hall–Kier alpha value is -2.86. The standard InChI is InChI=1S/C20H22N4O2/c1-3-23-10-11-24-17-9-8-14(12-16(17)22-19(24)13-23)21-20(25)15-6-4-5-7-18(15)26-2/h4-9,12H,3,10-11,13H2,1-2H3,(H,21,25). The van der Waals surface area contributed by atoms with Crippen LogP contribution in [0.15, 0.2) is 42.5 Å². The first kappa shape index (κ1) is 16.6. The van der Waals surface area contributed by atoms with Crippen molar-refractivity contribution < 1.29 is 9.53 Å². The average molecular weight is 350 g/mol. The van der Waals surface area contributed by atoms with Crippen LogP contribution in [0.3, 0.4) is 0 Å². The molecule has 0 saturated heterocycles. The second-order valence-electron chi connectivity index (χ2n) is 6.41. The van der Waals surface area contributed by atoms with Crippen LogP contribution < -0.4 is 10.1 Å². The first-order valence-electron chi connectivity index (χ1n) is 8.85. The number of carbonyl (C=O) groups is 1. The summed E-state index contributed by atoms with van der Waals surface area (Å²) in [5, 5.41) is 2.95. The molecule has 0 radical (unpaired) electrons. The first-order chi connectivity index (χ1) is 12.7. The van der Waals surface area contributed by atoms with Crippen LogP contribution in [-0.2, 0) is 13.1 Å². The first-order valence-corrected chi connectivity index (χ1v) is 8.85. The molecule has 26 heavy (non-hydrogen) atoms. The lowest BCUT2D eigenvalue weighted by Gasteiger charge is -2.26. The van der Waals surface area contributed by atoms with E-state index in [4.69, 9.17) is 9.72 Å². The zero-order valence-corrected chi connectivity index (χ0v) is 15.0. The number of methoxy groups -OCH3 is 1. The molecular weight excluding hydrogens is 328 g/mol. The van der Waals surface area contributed by atoms with Gasteiger partial charge < -0.3 is 14.6 Å². The molecule has 6 nitrogen and oxygen atoms in total. The summed E-state index contributed by atoms with van der Waals surface area (Å²) >= 11 is 0. The molecule has 0 bridgehead atoms. The number of ether oxygens (including phenoxy) is 1. The van der Waals surface area contributed by atoms with E-state index in [9.17, 15) is 4.79 Å². The Balaban J connectivity index is 1.61. The SMILES string of the molecule is CCN1CCn2c(nc3cc(NC(=O)c4ccccc4OC)ccc32)C1. The van der Waals surface area contributed by atoms with Crippen LogP contribution in [0.2, 0.25) is 0 Å².